The molecule has 7 nitrogen and oxygen atoms in total. The average molecular weight is 707 g/mol. The number of phenols is 1. The average Bonchev–Trinajstić information content (AvgIpc) is 3.38. The number of phenolic OH excluding ortho intramolecular Hbond substituents is 1. The third-order valence-electron chi connectivity index (χ3n) is 10.1. The number of nitrogens with zero attached hydrogens (tertiary/aromatic N) is 2. The van der Waals surface area contributed by atoms with E-state index in [0.29, 0.717) is 16.3 Å². The maximum absolute atomic E-state index is 15.2. The molecular weight excluding hydrogens is 682 g/mol. The Balaban J connectivity index is 1.51. The molecule has 2 aliphatic heterocycles. The Labute approximate surface area is 279 Å². The highest BCUT2D eigenvalue weighted by Gasteiger charge is 2.77. The van der Waals surface area contributed by atoms with E-state index >= 15 is 8.78 Å². The van der Waals surface area contributed by atoms with E-state index in [1.54, 1.807) is 51.1 Å². The Morgan fingerprint density at radius 3 is 1.98 bits per heavy atom. The summed E-state index contributed by atoms with van der Waals surface area (Å²) in [6.45, 7) is 5.03. The van der Waals surface area contributed by atoms with Crippen LogP contribution in [0.1, 0.15) is 45.1 Å². The Hall–Kier alpha value is -4.03. The van der Waals surface area contributed by atoms with Crippen LogP contribution in [-0.2, 0) is 19.2 Å². The molecule has 1 N–H and O–H groups in total. The number of rotatable bonds is 2. The number of benzene rings is 3. The third kappa shape index (κ3) is 3.87. The molecule has 14 heteroatoms. The fourth-order valence-corrected chi connectivity index (χ4v) is 9.06. The summed E-state index contributed by atoms with van der Waals surface area (Å²) in [4.78, 5) is 52.1. The van der Waals surface area contributed by atoms with Gasteiger partial charge in [-0.3, -0.25) is 24.1 Å². The zero-order valence-electron chi connectivity index (χ0n) is 25.4. The molecule has 6 unspecified atom stereocenters. The van der Waals surface area contributed by atoms with E-state index in [2.05, 4.69) is 0 Å². The molecule has 4 aliphatic rings. The lowest BCUT2D eigenvalue weighted by Gasteiger charge is -2.51. The van der Waals surface area contributed by atoms with Gasteiger partial charge in [0.05, 0.1) is 11.8 Å². The van der Waals surface area contributed by atoms with Gasteiger partial charge >= 0.3 is 0 Å². The van der Waals surface area contributed by atoms with Gasteiger partial charge in [-0.15, -0.1) is 23.2 Å². The monoisotopic (exact) mass is 706 g/mol. The van der Waals surface area contributed by atoms with Gasteiger partial charge in [-0.25, -0.2) is 26.9 Å². The van der Waals surface area contributed by atoms with Crippen molar-refractivity contribution in [3.8, 4) is 5.75 Å². The van der Waals surface area contributed by atoms with Gasteiger partial charge in [0, 0.05) is 16.8 Å². The predicted octanol–water partition coefficient (Wildman–Crippen LogP) is 6.60. The van der Waals surface area contributed by atoms with Crippen LogP contribution in [0.2, 0.25) is 0 Å². The summed E-state index contributed by atoms with van der Waals surface area (Å²) in [5.41, 5.74) is -2.21. The van der Waals surface area contributed by atoms with Crippen molar-refractivity contribution in [2.24, 2.45) is 17.8 Å². The highest BCUT2D eigenvalue weighted by atomic mass is 35.5. The van der Waals surface area contributed by atoms with Gasteiger partial charge in [0.25, 0.3) is 11.8 Å². The first-order valence-corrected chi connectivity index (χ1v) is 15.7. The van der Waals surface area contributed by atoms with E-state index < -0.39 is 104 Å². The van der Waals surface area contributed by atoms with Crippen molar-refractivity contribution in [1.29, 1.82) is 0 Å². The number of hydrogen-bond acceptors (Lipinski definition) is 5. The quantitative estimate of drug-likeness (QED) is 0.0810. The van der Waals surface area contributed by atoms with Crippen LogP contribution in [0.25, 0.3) is 10.8 Å². The molecule has 2 aliphatic carbocycles. The molecule has 4 amide bonds. The lowest BCUT2D eigenvalue weighted by molar-refractivity contribution is -0.145. The fraction of sp³-hybridized carbons (Fsp3) is 0.353. The Morgan fingerprint density at radius 1 is 0.792 bits per heavy atom. The predicted molar refractivity (Wildman–Crippen MR) is 164 cm³/mol. The lowest BCUT2D eigenvalue weighted by Crippen LogP contribution is -2.60. The number of amides is 4. The zero-order valence-corrected chi connectivity index (χ0v) is 26.9. The standard InChI is InChI=1S/C34H25Cl2F5N2O5/c1-32(2,3)43-28(45)17-9-8-16-18(20(17)29(43)46)12-33(35)30(47)42(27-25(40)23(38)22(37)24(39)26(27)41)31(48)34(33,36)21(16)15-10-11-19(44)14-7-5-4-6-13(14)15/h4-8,10-11,17-18,20-21,44H,9,12H2,1-3H3. The van der Waals surface area contributed by atoms with Crippen molar-refractivity contribution >= 4 is 63.3 Å². The Bertz CT molecular complexity index is 2040. The highest BCUT2D eigenvalue weighted by molar-refractivity contribution is 6.58. The maximum atomic E-state index is 15.2. The van der Waals surface area contributed by atoms with Crippen molar-refractivity contribution in [2.45, 2.75) is 54.8 Å². The molecule has 7 rings (SSSR count). The minimum Gasteiger partial charge on any atom is -0.507 e. The van der Waals surface area contributed by atoms with Crippen LogP contribution >= 0.6 is 23.2 Å². The second kappa shape index (κ2) is 10.2. The number of aromatic hydroxyl groups is 1. The SMILES string of the molecule is CC(C)(C)N1C(=O)C2CC=C3C(CC4(Cl)C(=O)N(c5c(F)c(F)c(F)c(F)c5F)C(=O)C4(Cl)C3c3ccc(O)c4ccccc34)C2C1=O. The molecule has 3 aromatic rings. The fourth-order valence-electron chi connectivity index (χ4n) is 8.13. The second-order valence-corrected chi connectivity index (χ2v) is 14.8. The van der Waals surface area contributed by atoms with Crippen LogP contribution in [-0.4, -0.2) is 48.9 Å². The van der Waals surface area contributed by atoms with Crippen molar-refractivity contribution in [3.63, 3.8) is 0 Å². The second-order valence-electron chi connectivity index (χ2n) is 13.6. The van der Waals surface area contributed by atoms with Gasteiger partial charge < -0.3 is 5.11 Å². The van der Waals surface area contributed by atoms with E-state index in [0.717, 1.165) is 4.90 Å². The summed E-state index contributed by atoms with van der Waals surface area (Å²) in [6, 6.07) is 9.12. The van der Waals surface area contributed by atoms with Gasteiger partial charge in [0.2, 0.25) is 17.6 Å². The lowest BCUT2D eigenvalue weighted by atomic mass is 9.56. The number of allylic oxidation sites excluding steroid dienone is 2. The molecule has 1 saturated carbocycles. The number of carbonyl (C=O) groups excluding carboxylic acids is 4. The minimum absolute atomic E-state index is 0.0336. The van der Waals surface area contributed by atoms with Crippen LogP contribution in [0.3, 0.4) is 0 Å². The number of hydrogen-bond donors (Lipinski definition) is 1. The van der Waals surface area contributed by atoms with Crippen molar-refractivity contribution in [2.75, 3.05) is 4.90 Å². The van der Waals surface area contributed by atoms with Crippen LogP contribution in [0.4, 0.5) is 27.6 Å². The summed E-state index contributed by atoms with van der Waals surface area (Å²) in [6.07, 6.45) is 1.08. The van der Waals surface area contributed by atoms with Crippen LogP contribution in [0.15, 0.2) is 48.0 Å². The molecule has 3 aromatic carbocycles. The topological polar surface area (TPSA) is 95.0 Å². The van der Waals surface area contributed by atoms with Gasteiger partial charge in [-0.05, 0) is 56.5 Å². The molecule has 250 valence electrons. The molecule has 2 saturated heterocycles. The molecule has 6 atom stereocenters. The molecule has 2 heterocycles. The van der Waals surface area contributed by atoms with E-state index in [1.807, 2.05) is 0 Å². The molecule has 0 bridgehead atoms. The number of fused-ring (bicyclic) bond motifs is 5. The third-order valence-corrected chi connectivity index (χ3v) is 11.6. The number of carbonyl (C=O) groups is 4. The summed E-state index contributed by atoms with van der Waals surface area (Å²) < 4.78 is 73.4. The molecule has 3 fully saturated rings. The summed E-state index contributed by atoms with van der Waals surface area (Å²) >= 11 is 14.4. The first-order valence-electron chi connectivity index (χ1n) is 15.0. The first kappa shape index (κ1) is 32.5. The summed E-state index contributed by atoms with van der Waals surface area (Å²) in [5.74, 6) is -20.9. The Kier molecular flexibility index (Phi) is 6.94. The summed E-state index contributed by atoms with van der Waals surface area (Å²) in [5, 5.41) is 11.3. The van der Waals surface area contributed by atoms with E-state index in [1.165, 1.54) is 12.1 Å². The van der Waals surface area contributed by atoms with Gasteiger partial charge in [-0.1, -0.05) is 42.0 Å². The first-order chi connectivity index (χ1) is 22.4. The molecule has 48 heavy (non-hydrogen) atoms. The van der Waals surface area contributed by atoms with Crippen molar-refractivity contribution in [3.05, 3.63) is 82.7 Å². The zero-order chi connectivity index (χ0) is 35.0. The number of halogens is 7. The number of imide groups is 2. The van der Waals surface area contributed by atoms with E-state index in [4.69, 9.17) is 23.2 Å². The molecule has 0 radical (unpaired) electrons. The summed E-state index contributed by atoms with van der Waals surface area (Å²) in [7, 11) is 0. The number of alkyl halides is 2. The maximum Gasteiger partial charge on any atom is 0.258 e. The van der Waals surface area contributed by atoms with Gasteiger partial charge in [0.1, 0.15) is 11.4 Å². The van der Waals surface area contributed by atoms with E-state index in [9.17, 15) is 37.5 Å². The van der Waals surface area contributed by atoms with Crippen LogP contribution < -0.4 is 4.90 Å². The van der Waals surface area contributed by atoms with Crippen LogP contribution in [0, 0.1) is 46.8 Å². The largest absolute Gasteiger partial charge is 0.507 e. The van der Waals surface area contributed by atoms with Crippen molar-refractivity contribution in [1.82, 2.24) is 4.90 Å². The minimum atomic E-state index is -2.66. The Morgan fingerprint density at radius 2 is 1.38 bits per heavy atom. The highest BCUT2D eigenvalue weighted by Crippen LogP contribution is 2.66. The van der Waals surface area contributed by atoms with Crippen molar-refractivity contribution < 1.29 is 46.2 Å². The van der Waals surface area contributed by atoms with E-state index in [-0.39, 0.29) is 22.6 Å². The molecule has 0 aromatic heterocycles. The molecular formula is C34H25Cl2F5N2O5. The van der Waals surface area contributed by atoms with Crippen LogP contribution in [0.5, 0.6) is 5.75 Å². The van der Waals surface area contributed by atoms with Gasteiger partial charge in [0.15, 0.2) is 33.0 Å². The molecule has 0 spiro atoms. The number of likely N-dealkylation sites (tertiary alicyclic amines) is 1. The number of anilines is 1. The van der Waals surface area contributed by atoms with Gasteiger partial charge in [-0.2, -0.15) is 0 Å². The normalized spacial score (nSPS) is 30.2. The smallest absolute Gasteiger partial charge is 0.258 e.